The molecule has 0 bridgehead atoms. The summed E-state index contributed by atoms with van der Waals surface area (Å²) < 4.78 is 14.6. The molecule has 0 atom stereocenters. The molecule has 0 unspecified atom stereocenters. The van der Waals surface area contributed by atoms with Crippen LogP contribution in [0.25, 0.3) is 11.6 Å². The number of fused-ring (bicyclic) bond motifs is 2. The van der Waals surface area contributed by atoms with Crippen molar-refractivity contribution in [3.8, 4) is 0 Å². The van der Waals surface area contributed by atoms with E-state index in [9.17, 15) is 9.18 Å². The van der Waals surface area contributed by atoms with E-state index in [4.69, 9.17) is 10.2 Å². The van der Waals surface area contributed by atoms with Crippen molar-refractivity contribution in [2.45, 2.75) is 44.6 Å². The van der Waals surface area contributed by atoms with Crippen LogP contribution in [0.15, 0.2) is 64.1 Å². The molecule has 7 heteroatoms. The average molecular weight is 487 g/mol. The Labute approximate surface area is 210 Å². The highest BCUT2D eigenvalue weighted by atomic mass is 19.1. The van der Waals surface area contributed by atoms with Crippen LogP contribution in [0.3, 0.4) is 0 Å². The van der Waals surface area contributed by atoms with Crippen LogP contribution in [0, 0.1) is 5.82 Å². The molecule has 6 nitrogen and oxygen atoms in total. The van der Waals surface area contributed by atoms with Gasteiger partial charge < -0.3 is 10.0 Å². The fraction of sp³-hybridized carbons (Fsp3) is 0.379. The van der Waals surface area contributed by atoms with Gasteiger partial charge in [-0.2, -0.15) is 5.10 Å². The summed E-state index contributed by atoms with van der Waals surface area (Å²) in [6, 6.07) is 3.72. The molecule has 5 aliphatic rings. The number of nitrogens with one attached hydrogen (secondary N) is 1. The predicted octanol–water partition coefficient (Wildman–Crippen LogP) is 4.68. The number of carboxylic acid groups (broad SMARTS) is 1. The fourth-order valence-corrected chi connectivity index (χ4v) is 6.31. The van der Waals surface area contributed by atoms with Crippen molar-refractivity contribution in [2.24, 2.45) is 5.10 Å². The van der Waals surface area contributed by atoms with Crippen LogP contribution in [0.4, 0.5) is 4.39 Å². The third-order valence-corrected chi connectivity index (χ3v) is 8.02. The van der Waals surface area contributed by atoms with E-state index in [0.29, 0.717) is 6.04 Å². The molecule has 2 N–H and O–H groups in total. The van der Waals surface area contributed by atoms with Crippen molar-refractivity contribution < 1.29 is 14.3 Å². The molecular weight excluding hydrogens is 455 g/mol. The molecular formula is C29H31FN4O2. The zero-order valence-electron chi connectivity index (χ0n) is 20.6. The van der Waals surface area contributed by atoms with Crippen molar-refractivity contribution in [1.82, 2.24) is 15.2 Å². The third-order valence-electron chi connectivity index (χ3n) is 8.02. The zero-order chi connectivity index (χ0) is 24.8. The summed E-state index contributed by atoms with van der Waals surface area (Å²) in [5, 5.41) is 13.8. The second-order valence-corrected chi connectivity index (χ2v) is 10.3. The van der Waals surface area contributed by atoms with Gasteiger partial charge in [-0.05, 0) is 79.0 Å². The number of carbonyl (C=O) groups is 1. The van der Waals surface area contributed by atoms with Gasteiger partial charge in [0, 0.05) is 56.1 Å². The maximum atomic E-state index is 14.6. The van der Waals surface area contributed by atoms with E-state index in [1.807, 2.05) is 12.2 Å². The predicted molar refractivity (Wildman–Crippen MR) is 140 cm³/mol. The van der Waals surface area contributed by atoms with Gasteiger partial charge in [0.2, 0.25) is 0 Å². The second-order valence-electron chi connectivity index (χ2n) is 10.3. The van der Waals surface area contributed by atoms with Crippen LogP contribution in [-0.2, 0) is 4.79 Å². The van der Waals surface area contributed by atoms with E-state index in [-0.39, 0.29) is 5.82 Å². The van der Waals surface area contributed by atoms with Crippen LogP contribution in [0.5, 0.6) is 0 Å². The summed E-state index contributed by atoms with van der Waals surface area (Å²) in [5.41, 5.74) is 12.6. The van der Waals surface area contributed by atoms with Crippen molar-refractivity contribution in [3.63, 3.8) is 0 Å². The number of likely N-dealkylation sites (N-methyl/N-ethyl adjacent to an activating group) is 1. The largest absolute Gasteiger partial charge is 0.478 e. The van der Waals surface area contributed by atoms with Gasteiger partial charge in [-0.25, -0.2) is 9.18 Å². The Bertz CT molecular complexity index is 1310. The number of carboxylic acids is 1. The molecule has 1 saturated carbocycles. The quantitative estimate of drug-likeness (QED) is 0.608. The zero-order valence-corrected chi connectivity index (χ0v) is 20.6. The number of nitrogens with zero attached hydrogens (tertiary/aromatic N) is 3. The molecule has 0 aromatic heterocycles. The van der Waals surface area contributed by atoms with Gasteiger partial charge in [-0.15, -0.1) is 0 Å². The minimum absolute atomic E-state index is 0.232. The summed E-state index contributed by atoms with van der Waals surface area (Å²) >= 11 is 0. The minimum Gasteiger partial charge on any atom is -0.478 e. The highest BCUT2D eigenvalue weighted by Gasteiger charge is 2.31. The maximum absolute atomic E-state index is 14.6. The summed E-state index contributed by atoms with van der Waals surface area (Å²) in [6.07, 6.45) is 15.5. The van der Waals surface area contributed by atoms with Gasteiger partial charge in [0.25, 0.3) is 0 Å². The van der Waals surface area contributed by atoms with Crippen molar-refractivity contribution in [2.75, 3.05) is 26.7 Å². The van der Waals surface area contributed by atoms with E-state index < -0.39 is 5.97 Å². The monoisotopic (exact) mass is 486 g/mol. The van der Waals surface area contributed by atoms with E-state index >= 15 is 0 Å². The molecule has 6 rings (SSSR count). The van der Waals surface area contributed by atoms with Crippen molar-refractivity contribution >= 4 is 23.3 Å². The lowest BCUT2D eigenvalue weighted by Crippen LogP contribution is -2.38. The molecule has 1 aromatic carbocycles. The average Bonchev–Trinajstić information content (AvgIpc) is 3.01. The molecule has 2 aliphatic carbocycles. The third kappa shape index (κ3) is 4.22. The van der Waals surface area contributed by atoms with Gasteiger partial charge in [-0.1, -0.05) is 17.7 Å². The van der Waals surface area contributed by atoms with Gasteiger partial charge in [-0.3, -0.25) is 10.3 Å². The molecule has 0 radical (unpaired) electrons. The van der Waals surface area contributed by atoms with Crippen LogP contribution < -0.4 is 5.43 Å². The lowest BCUT2D eigenvalue weighted by atomic mass is 9.88. The standard InChI is InChI=1S/C29H31FN4O2/c1-33-16-24(19-3-2-11-34(12-10-19)22-7-4-18(5-8-22)13-27(35)36)29-25(17-33)23-15-21(30)14-20-6-9-26(28(20)23)31-32-29/h3,6,9,13-15,17,22,32H,2,4-5,7-8,10-12,16H2,1H3,(H,35,36). The lowest BCUT2D eigenvalue weighted by Gasteiger charge is -2.34. The number of hydrazone groups is 1. The molecule has 0 amide bonds. The molecule has 1 aromatic rings. The number of aliphatic carboxylic acids is 1. The Balaban J connectivity index is 1.25. The normalized spacial score (nSPS) is 23.6. The number of hydrogen-bond acceptors (Lipinski definition) is 5. The summed E-state index contributed by atoms with van der Waals surface area (Å²) in [7, 11) is 2.07. The van der Waals surface area contributed by atoms with E-state index in [2.05, 4.69) is 34.5 Å². The number of halogens is 1. The first-order valence-corrected chi connectivity index (χ1v) is 12.8. The molecule has 36 heavy (non-hydrogen) atoms. The van der Waals surface area contributed by atoms with Crippen LogP contribution in [-0.4, -0.2) is 59.3 Å². The summed E-state index contributed by atoms with van der Waals surface area (Å²) in [6.45, 7) is 2.79. The number of allylic oxidation sites excluding steroid dienone is 3. The van der Waals surface area contributed by atoms with Gasteiger partial charge in [0.1, 0.15) is 5.82 Å². The van der Waals surface area contributed by atoms with Gasteiger partial charge in [0.15, 0.2) is 0 Å². The van der Waals surface area contributed by atoms with Crippen molar-refractivity contribution in [3.05, 3.63) is 81.5 Å². The van der Waals surface area contributed by atoms with E-state index in [1.54, 1.807) is 12.1 Å². The SMILES string of the molecule is CN1C=C2C(=C(C3=CCCN(C4CCC(=CC(=O)O)CC4)CC3)C1)NN=C1C=Cc3cc(F)cc2c31. The first kappa shape index (κ1) is 23.0. The highest BCUT2D eigenvalue weighted by molar-refractivity contribution is 6.20. The number of rotatable bonds is 3. The number of hydrogen-bond donors (Lipinski definition) is 2. The van der Waals surface area contributed by atoms with E-state index in [0.717, 1.165) is 97.4 Å². The Morgan fingerprint density at radius 3 is 2.83 bits per heavy atom. The van der Waals surface area contributed by atoms with Gasteiger partial charge in [0.05, 0.1) is 11.4 Å². The Hall–Kier alpha value is -3.45. The van der Waals surface area contributed by atoms with Gasteiger partial charge >= 0.3 is 5.97 Å². The topological polar surface area (TPSA) is 68.2 Å². The second kappa shape index (κ2) is 9.21. The molecule has 0 spiro atoms. The Kier molecular flexibility index (Phi) is 5.88. The molecule has 186 valence electrons. The lowest BCUT2D eigenvalue weighted by molar-refractivity contribution is -0.131. The van der Waals surface area contributed by atoms with E-state index in [1.165, 1.54) is 17.2 Å². The Morgan fingerprint density at radius 2 is 2.03 bits per heavy atom. The maximum Gasteiger partial charge on any atom is 0.328 e. The highest BCUT2D eigenvalue weighted by Crippen LogP contribution is 2.40. The van der Waals surface area contributed by atoms with Crippen LogP contribution >= 0.6 is 0 Å². The van der Waals surface area contributed by atoms with Crippen LogP contribution in [0.2, 0.25) is 0 Å². The minimum atomic E-state index is -0.834. The summed E-state index contributed by atoms with van der Waals surface area (Å²) in [5.74, 6) is -1.07. The first-order chi connectivity index (χ1) is 17.5. The molecule has 0 saturated heterocycles. The molecule has 3 aliphatic heterocycles. The molecule has 1 fully saturated rings. The summed E-state index contributed by atoms with van der Waals surface area (Å²) in [4.78, 5) is 15.8. The molecule has 3 heterocycles. The smallest absolute Gasteiger partial charge is 0.328 e. The fourth-order valence-electron chi connectivity index (χ4n) is 6.31. The first-order valence-electron chi connectivity index (χ1n) is 12.8. The van der Waals surface area contributed by atoms with Crippen LogP contribution in [0.1, 0.15) is 55.2 Å². The Morgan fingerprint density at radius 1 is 1.19 bits per heavy atom. The number of benzene rings is 1. The van der Waals surface area contributed by atoms with Crippen molar-refractivity contribution in [1.29, 1.82) is 0 Å².